The zero-order chi connectivity index (χ0) is 14.4. The first-order valence-electron chi connectivity index (χ1n) is 6.36. The van der Waals surface area contributed by atoms with Crippen LogP contribution < -0.4 is 10.1 Å². The van der Waals surface area contributed by atoms with E-state index >= 15 is 0 Å². The number of halogens is 1. The number of ether oxygens (including phenoxy) is 1. The third kappa shape index (κ3) is 3.75. The lowest BCUT2D eigenvalue weighted by Gasteiger charge is -2.10. The van der Waals surface area contributed by atoms with Crippen molar-refractivity contribution in [2.75, 3.05) is 19.0 Å². The fourth-order valence-electron chi connectivity index (χ4n) is 1.88. The molecular weight excluding hydrogens is 274 g/mol. The molecule has 0 atom stereocenters. The number of anilines is 1. The van der Waals surface area contributed by atoms with E-state index in [0.717, 1.165) is 11.4 Å². The summed E-state index contributed by atoms with van der Waals surface area (Å²) in [6.45, 7) is 0.557. The van der Waals surface area contributed by atoms with E-state index in [0.29, 0.717) is 23.6 Å². The number of Topliss-reactive ketones (excluding diaryl/α,β-unsaturated/α-hetero) is 1. The summed E-state index contributed by atoms with van der Waals surface area (Å²) in [6.07, 6.45) is 0.416. The molecule has 2 aromatic carbocycles. The number of carbonyl (C=O) groups is 1. The molecule has 1 N–H and O–H groups in total. The van der Waals surface area contributed by atoms with Crippen molar-refractivity contribution in [3.8, 4) is 5.75 Å². The molecule has 0 saturated heterocycles. The van der Waals surface area contributed by atoms with Crippen LogP contribution in [0.5, 0.6) is 5.75 Å². The maximum atomic E-state index is 12.0. The van der Waals surface area contributed by atoms with Crippen LogP contribution in [0.2, 0.25) is 5.02 Å². The van der Waals surface area contributed by atoms with E-state index in [4.69, 9.17) is 16.3 Å². The fourth-order valence-corrected chi connectivity index (χ4v) is 2.01. The summed E-state index contributed by atoms with van der Waals surface area (Å²) in [5.41, 5.74) is 1.56. The SMILES string of the molecule is COc1ccccc1NCCC(=O)c1ccc(Cl)cc1. The molecule has 0 heterocycles. The van der Waals surface area contributed by atoms with Gasteiger partial charge in [0.2, 0.25) is 0 Å². The smallest absolute Gasteiger partial charge is 0.164 e. The monoisotopic (exact) mass is 289 g/mol. The lowest BCUT2D eigenvalue weighted by atomic mass is 10.1. The Labute approximate surface area is 123 Å². The van der Waals surface area contributed by atoms with E-state index < -0.39 is 0 Å². The van der Waals surface area contributed by atoms with Crippen molar-refractivity contribution in [3.05, 3.63) is 59.1 Å². The minimum Gasteiger partial charge on any atom is -0.495 e. The van der Waals surface area contributed by atoms with Gasteiger partial charge >= 0.3 is 0 Å². The zero-order valence-corrected chi connectivity index (χ0v) is 12.0. The van der Waals surface area contributed by atoms with Gasteiger partial charge in [0.25, 0.3) is 0 Å². The van der Waals surface area contributed by atoms with E-state index in [-0.39, 0.29) is 5.78 Å². The molecule has 104 valence electrons. The van der Waals surface area contributed by atoms with E-state index in [1.807, 2.05) is 24.3 Å². The van der Waals surface area contributed by atoms with Crippen LogP contribution >= 0.6 is 11.6 Å². The number of rotatable bonds is 6. The molecule has 0 aliphatic heterocycles. The standard InChI is InChI=1S/C16H16ClNO2/c1-20-16-5-3-2-4-14(16)18-11-10-15(19)12-6-8-13(17)9-7-12/h2-9,18H,10-11H2,1H3. The predicted molar refractivity (Wildman–Crippen MR) is 81.9 cm³/mol. The highest BCUT2D eigenvalue weighted by Gasteiger charge is 2.06. The van der Waals surface area contributed by atoms with E-state index in [9.17, 15) is 4.79 Å². The first kappa shape index (κ1) is 14.4. The summed E-state index contributed by atoms with van der Waals surface area (Å²) >= 11 is 5.80. The molecule has 0 amide bonds. The number of hydrogen-bond donors (Lipinski definition) is 1. The second-order valence-corrected chi connectivity index (χ2v) is 4.74. The largest absolute Gasteiger partial charge is 0.495 e. The van der Waals surface area contributed by atoms with Gasteiger partial charge in [-0.2, -0.15) is 0 Å². The first-order chi connectivity index (χ1) is 9.70. The Bertz CT molecular complexity index is 581. The molecule has 3 nitrogen and oxygen atoms in total. The number of para-hydroxylation sites is 2. The molecule has 2 aromatic rings. The molecule has 2 rings (SSSR count). The molecular formula is C16H16ClNO2. The van der Waals surface area contributed by atoms with Crippen molar-refractivity contribution in [1.29, 1.82) is 0 Å². The lowest BCUT2D eigenvalue weighted by Crippen LogP contribution is -2.09. The van der Waals surface area contributed by atoms with Gasteiger partial charge < -0.3 is 10.1 Å². The van der Waals surface area contributed by atoms with Crippen molar-refractivity contribution >= 4 is 23.1 Å². The van der Waals surface area contributed by atoms with Gasteiger partial charge in [-0.3, -0.25) is 4.79 Å². The summed E-state index contributed by atoms with van der Waals surface area (Å²) in [6, 6.07) is 14.6. The van der Waals surface area contributed by atoms with Crippen LogP contribution in [0.4, 0.5) is 5.69 Å². The third-order valence-corrected chi connectivity index (χ3v) is 3.19. The number of nitrogens with one attached hydrogen (secondary N) is 1. The quantitative estimate of drug-likeness (QED) is 0.816. The number of ketones is 1. The van der Waals surface area contributed by atoms with Gasteiger partial charge in [0.15, 0.2) is 5.78 Å². The average Bonchev–Trinajstić information content (AvgIpc) is 2.48. The van der Waals surface area contributed by atoms with Crippen molar-refractivity contribution < 1.29 is 9.53 Å². The number of methoxy groups -OCH3 is 1. The molecule has 0 aliphatic carbocycles. The van der Waals surface area contributed by atoms with Crippen LogP contribution in [0.25, 0.3) is 0 Å². The van der Waals surface area contributed by atoms with Crippen molar-refractivity contribution in [2.24, 2.45) is 0 Å². The molecule has 0 aromatic heterocycles. The van der Waals surface area contributed by atoms with E-state index in [1.165, 1.54) is 0 Å². The van der Waals surface area contributed by atoms with Crippen LogP contribution in [0.1, 0.15) is 16.8 Å². The Morgan fingerprint density at radius 3 is 2.55 bits per heavy atom. The highest BCUT2D eigenvalue weighted by atomic mass is 35.5. The lowest BCUT2D eigenvalue weighted by molar-refractivity contribution is 0.0986. The molecule has 0 radical (unpaired) electrons. The molecule has 0 unspecified atom stereocenters. The highest BCUT2D eigenvalue weighted by Crippen LogP contribution is 2.22. The number of benzene rings is 2. The molecule has 4 heteroatoms. The maximum absolute atomic E-state index is 12.0. The number of carbonyl (C=O) groups excluding carboxylic acids is 1. The Morgan fingerprint density at radius 1 is 1.15 bits per heavy atom. The summed E-state index contributed by atoms with van der Waals surface area (Å²) in [5, 5.41) is 3.84. The van der Waals surface area contributed by atoms with Crippen LogP contribution in [0, 0.1) is 0 Å². The fraction of sp³-hybridized carbons (Fsp3) is 0.188. The minimum atomic E-state index is 0.0871. The summed E-state index contributed by atoms with van der Waals surface area (Å²) in [7, 11) is 1.62. The second-order valence-electron chi connectivity index (χ2n) is 4.31. The Hall–Kier alpha value is -2.00. The number of hydrogen-bond acceptors (Lipinski definition) is 3. The molecule has 20 heavy (non-hydrogen) atoms. The van der Waals surface area contributed by atoms with Gasteiger partial charge in [-0.05, 0) is 36.4 Å². The van der Waals surface area contributed by atoms with Gasteiger partial charge in [-0.1, -0.05) is 23.7 Å². The topological polar surface area (TPSA) is 38.3 Å². The predicted octanol–water partition coefficient (Wildman–Crippen LogP) is 4.03. The maximum Gasteiger partial charge on any atom is 0.164 e. The molecule has 0 saturated carbocycles. The molecule has 0 aliphatic rings. The summed E-state index contributed by atoms with van der Waals surface area (Å²) < 4.78 is 5.24. The molecule has 0 spiro atoms. The Balaban J connectivity index is 1.89. The van der Waals surface area contributed by atoms with Gasteiger partial charge in [0.1, 0.15) is 5.75 Å². The highest BCUT2D eigenvalue weighted by molar-refractivity contribution is 6.30. The van der Waals surface area contributed by atoms with Crippen LogP contribution in [0.3, 0.4) is 0 Å². The summed E-state index contributed by atoms with van der Waals surface area (Å²) in [5.74, 6) is 0.857. The van der Waals surface area contributed by atoms with Crippen LogP contribution in [-0.4, -0.2) is 19.4 Å². The zero-order valence-electron chi connectivity index (χ0n) is 11.2. The third-order valence-electron chi connectivity index (χ3n) is 2.94. The molecule has 0 fully saturated rings. The summed E-state index contributed by atoms with van der Waals surface area (Å²) in [4.78, 5) is 12.0. The first-order valence-corrected chi connectivity index (χ1v) is 6.74. The van der Waals surface area contributed by atoms with E-state index in [2.05, 4.69) is 5.32 Å². The normalized spacial score (nSPS) is 10.1. The van der Waals surface area contributed by atoms with Crippen LogP contribution in [-0.2, 0) is 0 Å². The van der Waals surface area contributed by atoms with Gasteiger partial charge in [0.05, 0.1) is 12.8 Å². The van der Waals surface area contributed by atoms with Crippen molar-refractivity contribution in [1.82, 2.24) is 0 Å². The van der Waals surface area contributed by atoms with E-state index in [1.54, 1.807) is 31.4 Å². The minimum absolute atomic E-state index is 0.0871. The second kappa shape index (κ2) is 6.96. The van der Waals surface area contributed by atoms with Gasteiger partial charge in [-0.15, -0.1) is 0 Å². The van der Waals surface area contributed by atoms with Gasteiger partial charge in [-0.25, -0.2) is 0 Å². The molecule has 0 bridgehead atoms. The van der Waals surface area contributed by atoms with Crippen molar-refractivity contribution in [3.63, 3.8) is 0 Å². The Morgan fingerprint density at radius 2 is 1.85 bits per heavy atom. The Kier molecular flexibility index (Phi) is 5.02. The van der Waals surface area contributed by atoms with Crippen LogP contribution in [0.15, 0.2) is 48.5 Å². The van der Waals surface area contributed by atoms with Gasteiger partial charge in [0, 0.05) is 23.6 Å². The van der Waals surface area contributed by atoms with Crippen molar-refractivity contribution in [2.45, 2.75) is 6.42 Å². The average molecular weight is 290 g/mol.